The first-order valence-corrected chi connectivity index (χ1v) is 10.9. The average Bonchev–Trinajstić information content (AvgIpc) is 3.27. The van der Waals surface area contributed by atoms with Crippen molar-refractivity contribution in [2.45, 2.75) is 0 Å². The Morgan fingerprint density at radius 3 is 2.69 bits per heavy atom. The highest BCUT2D eigenvalue weighted by atomic mass is 35.5. The molecule has 0 N–H and O–H groups in total. The first kappa shape index (κ1) is 20.0. The van der Waals surface area contributed by atoms with Gasteiger partial charge in [0.25, 0.3) is 0 Å². The van der Waals surface area contributed by atoms with Gasteiger partial charge in [-0.15, -0.1) is 6.42 Å². The molecule has 0 aliphatic carbocycles. The van der Waals surface area contributed by atoms with Gasteiger partial charge in [-0.25, -0.2) is 9.97 Å². The van der Waals surface area contributed by atoms with Crippen LogP contribution in [0.1, 0.15) is 11.1 Å². The quantitative estimate of drug-likeness (QED) is 0.374. The minimum Gasteiger partial charge on any atom is -0.305 e. The smallest absolute Gasteiger partial charge is 0.194 e. The Morgan fingerprint density at radius 2 is 1.91 bits per heavy atom. The summed E-state index contributed by atoms with van der Waals surface area (Å²) in [5.41, 5.74) is 5.36. The molecule has 1 aliphatic heterocycles. The van der Waals surface area contributed by atoms with E-state index in [1.807, 2.05) is 65.6 Å². The summed E-state index contributed by atoms with van der Waals surface area (Å²) in [6, 6.07) is 17.4. The SMILES string of the molecule is C#Cc1ccccc1C1=CCN(c2nc3ncc(-c4ccc(Cl)cc4)nc3s2)C(C#N)=C1. The molecule has 0 saturated heterocycles. The van der Waals surface area contributed by atoms with E-state index in [0.717, 1.165) is 28.0 Å². The summed E-state index contributed by atoms with van der Waals surface area (Å²) in [4.78, 5) is 16.4. The molecule has 0 atom stereocenters. The molecule has 5 nitrogen and oxygen atoms in total. The van der Waals surface area contributed by atoms with Gasteiger partial charge < -0.3 is 4.90 Å². The van der Waals surface area contributed by atoms with Crippen LogP contribution >= 0.6 is 22.9 Å². The number of aromatic nitrogens is 3. The Hall–Kier alpha value is -3.97. The molecular formula is C25H14ClN5S. The van der Waals surface area contributed by atoms with Crippen molar-refractivity contribution in [3.8, 4) is 29.7 Å². The van der Waals surface area contributed by atoms with Crippen molar-refractivity contribution >= 4 is 44.1 Å². The number of hydrogen-bond acceptors (Lipinski definition) is 6. The Labute approximate surface area is 194 Å². The van der Waals surface area contributed by atoms with Gasteiger partial charge in [0, 0.05) is 22.7 Å². The maximum Gasteiger partial charge on any atom is 0.194 e. The van der Waals surface area contributed by atoms with Crippen LogP contribution in [-0.2, 0) is 0 Å². The van der Waals surface area contributed by atoms with Crippen molar-refractivity contribution in [2.75, 3.05) is 11.4 Å². The summed E-state index contributed by atoms with van der Waals surface area (Å²) >= 11 is 7.38. The molecule has 152 valence electrons. The predicted molar refractivity (Wildman–Crippen MR) is 129 cm³/mol. The lowest BCUT2D eigenvalue weighted by atomic mass is 9.97. The van der Waals surface area contributed by atoms with Crippen LogP contribution in [0.2, 0.25) is 5.02 Å². The first-order chi connectivity index (χ1) is 15.7. The average molecular weight is 452 g/mol. The molecule has 7 heteroatoms. The molecule has 32 heavy (non-hydrogen) atoms. The lowest BCUT2D eigenvalue weighted by Gasteiger charge is -2.23. The predicted octanol–water partition coefficient (Wildman–Crippen LogP) is 5.70. The molecule has 2 aromatic carbocycles. The molecule has 0 unspecified atom stereocenters. The summed E-state index contributed by atoms with van der Waals surface area (Å²) in [7, 11) is 0. The highest BCUT2D eigenvalue weighted by Crippen LogP contribution is 2.34. The fraction of sp³-hybridized carbons (Fsp3) is 0.0400. The second-order valence-corrected chi connectivity index (χ2v) is 8.38. The van der Waals surface area contributed by atoms with E-state index < -0.39 is 0 Å². The number of nitriles is 1. The standard InChI is InChI=1S/C25H14ClN5S/c1-2-16-5-3-4-6-21(16)18-11-12-31(20(13-18)14-27)25-30-23-24(32-25)29-22(15-28-23)17-7-9-19(26)10-8-17/h1,3-11,13,15H,12H2. The third-order valence-electron chi connectivity index (χ3n) is 5.07. The van der Waals surface area contributed by atoms with Crippen molar-refractivity contribution < 1.29 is 0 Å². The zero-order valence-electron chi connectivity index (χ0n) is 16.7. The monoisotopic (exact) mass is 451 g/mol. The number of terminal acetylenes is 1. The number of fused-ring (bicyclic) bond motifs is 1. The molecule has 3 heterocycles. The van der Waals surface area contributed by atoms with E-state index in [-0.39, 0.29) is 0 Å². The number of thiazole rings is 1. The lowest BCUT2D eigenvalue weighted by Crippen LogP contribution is -2.24. The molecule has 0 bridgehead atoms. The number of anilines is 1. The number of nitrogens with zero attached hydrogens (tertiary/aromatic N) is 5. The van der Waals surface area contributed by atoms with Gasteiger partial charge in [-0.05, 0) is 35.4 Å². The van der Waals surface area contributed by atoms with Crippen LogP contribution in [0, 0.1) is 23.7 Å². The lowest BCUT2D eigenvalue weighted by molar-refractivity contribution is 1.02. The zero-order valence-corrected chi connectivity index (χ0v) is 18.2. The second kappa shape index (κ2) is 8.28. The maximum atomic E-state index is 9.81. The molecule has 0 spiro atoms. The summed E-state index contributed by atoms with van der Waals surface area (Å²) in [6.45, 7) is 0.498. The topological polar surface area (TPSA) is 65.7 Å². The van der Waals surface area contributed by atoms with E-state index in [2.05, 4.69) is 22.0 Å². The van der Waals surface area contributed by atoms with E-state index in [4.69, 9.17) is 23.0 Å². The molecule has 1 aliphatic rings. The fourth-order valence-electron chi connectivity index (χ4n) is 3.48. The third-order valence-corrected chi connectivity index (χ3v) is 6.28. The molecular weight excluding hydrogens is 438 g/mol. The minimum atomic E-state index is 0.492. The van der Waals surface area contributed by atoms with Gasteiger partial charge in [-0.1, -0.05) is 65.3 Å². The molecule has 0 saturated carbocycles. The fourth-order valence-corrected chi connectivity index (χ4v) is 4.53. The van der Waals surface area contributed by atoms with Crippen molar-refractivity contribution in [2.24, 2.45) is 0 Å². The first-order valence-electron chi connectivity index (χ1n) is 9.71. The largest absolute Gasteiger partial charge is 0.305 e. The van der Waals surface area contributed by atoms with Gasteiger partial charge in [0.15, 0.2) is 15.6 Å². The Kier molecular flexibility index (Phi) is 5.17. The van der Waals surface area contributed by atoms with Crippen LogP contribution in [-0.4, -0.2) is 21.5 Å². The van der Waals surface area contributed by atoms with Gasteiger partial charge in [-0.3, -0.25) is 0 Å². The number of rotatable bonds is 3. The highest BCUT2D eigenvalue weighted by Gasteiger charge is 2.21. The van der Waals surface area contributed by atoms with Gasteiger partial charge in [0.1, 0.15) is 11.8 Å². The molecule has 4 aromatic rings. The van der Waals surface area contributed by atoms with Gasteiger partial charge in [-0.2, -0.15) is 10.2 Å². The molecule has 0 fully saturated rings. The van der Waals surface area contributed by atoms with E-state index in [1.165, 1.54) is 11.3 Å². The number of halogens is 1. The minimum absolute atomic E-state index is 0.492. The summed E-state index contributed by atoms with van der Waals surface area (Å²) in [5.74, 6) is 2.71. The van der Waals surface area contributed by atoms with Crippen LogP contribution in [0.4, 0.5) is 5.13 Å². The van der Waals surface area contributed by atoms with Crippen LogP contribution < -0.4 is 4.90 Å². The molecule has 0 amide bonds. The maximum absolute atomic E-state index is 9.81. The van der Waals surface area contributed by atoms with Gasteiger partial charge in [0.05, 0.1) is 11.9 Å². The van der Waals surface area contributed by atoms with Crippen molar-refractivity contribution in [3.05, 3.63) is 88.7 Å². The Morgan fingerprint density at radius 1 is 1.09 bits per heavy atom. The summed E-state index contributed by atoms with van der Waals surface area (Å²) < 4.78 is 0. The van der Waals surface area contributed by atoms with E-state index >= 15 is 0 Å². The van der Waals surface area contributed by atoms with E-state index in [1.54, 1.807) is 6.20 Å². The second-order valence-electron chi connectivity index (χ2n) is 6.99. The van der Waals surface area contributed by atoms with Crippen LogP contribution in [0.3, 0.4) is 0 Å². The number of hydrogen-bond donors (Lipinski definition) is 0. The van der Waals surface area contributed by atoms with Crippen molar-refractivity contribution in [1.29, 1.82) is 5.26 Å². The van der Waals surface area contributed by atoms with Crippen LogP contribution in [0.25, 0.3) is 27.3 Å². The van der Waals surface area contributed by atoms with Gasteiger partial charge >= 0.3 is 0 Å². The van der Waals surface area contributed by atoms with Crippen molar-refractivity contribution in [1.82, 2.24) is 15.0 Å². The Balaban J connectivity index is 1.48. The summed E-state index contributed by atoms with van der Waals surface area (Å²) in [6.07, 6.45) is 11.2. The molecule has 2 aromatic heterocycles. The van der Waals surface area contributed by atoms with Crippen molar-refractivity contribution in [3.63, 3.8) is 0 Å². The Bertz CT molecular complexity index is 1490. The zero-order chi connectivity index (χ0) is 22.1. The highest BCUT2D eigenvalue weighted by molar-refractivity contribution is 7.21. The number of benzene rings is 2. The third kappa shape index (κ3) is 3.63. The van der Waals surface area contributed by atoms with Crippen LogP contribution in [0.15, 0.2) is 72.6 Å². The van der Waals surface area contributed by atoms with Crippen LogP contribution in [0.5, 0.6) is 0 Å². The molecule has 5 rings (SSSR count). The van der Waals surface area contributed by atoms with Gasteiger partial charge in [0.2, 0.25) is 0 Å². The number of allylic oxidation sites excluding steroid dienone is 3. The molecule has 0 radical (unpaired) electrons. The van der Waals surface area contributed by atoms with E-state index in [9.17, 15) is 5.26 Å². The van der Waals surface area contributed by atoms with E-state index in [0.29, 0.717) is 32.9 Å². The normalized spacial score (nSPS) is 13.3. The summed E-state index contributed by atoms with van der Waals surface area (Å²) in [5, 5.41) is 11.1.